The first-order chi connectivity index (χ1) is 13.8. The molecule has 0 aliphatic heterocycles. The zero-order chi connectivity index (χ0) is 20.8. The molecule has 12 heteroatoms. The van der Waals surface area contributed by atoms with Gasteiger partial charge in [0, 0.05) is 16.6 Å². The number of sulfone groups is 1. The number of aryl methyl sites for hydroxylation is 1. The normalized spacial score (nSPS) is 11.6. The number of nitrogen functional groups attached to an aromatic ring is 1. The van der Waals surface area contributed by atoms with Crippen molar-refractivity contribution in [3.63, 3.8) is 0 Å². The summed E-state index contributed by atoms with van der Waals surface area (Å²) < 4.78 is 30.9. The number of anilines is 1. The SMILES string of the molecule is Cc1cc(N)ccc1S(=O)(=O)c1nnc(-c2c(-c3ccsc3)noc2C(N)=O)s1. The van der Waals surface area contributed by atoms with Gasteiger partial charge in [0.15, 0.2) is 5.01 Å². The van der Waals surface area contributed by atoms with Crippen molar-refractivity contribution >= 4 is 44.1 Å². The molecule has 0 spiro atoms. The number of carbonyl (C=O) groups is 1. The van der Waals surface area contributed by atoms with Crippen LogP contribution in [-0.2, 0) is 9.84 Å². The average molecular weight is 448 g/mol. The number of hydrogen-bond donors (Lipinski definition) is 2. The predicted molar refractivity (Wildman–Crippen MR) is 108 cm³/mol. The maximum Gasteiger partial charge on any atom is 0.288 e. The summed E-state index contributed by atoms with van der Waals surface area (Å²) in [5.74, 6) is -1.06. The quantitative estimate of drug-likeness (QED) is 0.442. The molecule has 0 aliphatic carbocycles. The number of thiophene rings is 1. The number of nitrogens with two attached hydrogens (primary N) is 2. The summed E-state index contributed by atoms with van der Waals surface area (Å²) in [6, 6.07) is 6.27. The molecule has 4 N–H and O–H groups in total. The van der Waals surface area contributed by atoms with Crippen LogP contribution < -0.4 is 11.5 Å². The van der Waals surface area contributed by atoms with E-state index in [9.17, 15) is 13.2 Å². The molecule has 9 nitrogen and oxygen atoms in total. The van der Waals surface area contributed by atoms with Crippen molar-refractivity contribution in [2.45, 2.75) is 16.2 Å². The molecule has 0 unspecified atom stereocenters. The largest absolute Gasteiger partial charge is 0.399 e. The monoisotopic (exact) mass is 447 g/mol. The minimum Gasteiger partial charge on any atom is -0.399 e. The Balaban J connectivity index is 1.85. The second-order valence-electron chi connectivity index (χ2n) is 6.01. The van der Waals surface area contributed by atoms with E-state index in [0.717, 1.165) is 11.3 Å². The number of hydrogen-bond acceptors (Lipinski definition) is 10. The van der Waals surface area contributed by atoms with Crippen LogP contribution in [0.3, 0.4) is 0 Å². The third-order valence-electron chi connectivity index (χ3n) is 4.05. The smallest absolute Gasteiger partial charge is 0.288 e. The first-order valence-corrected chi connectivity index (χ1v) is 11.3. The first-order valence-electron chi connectivity index (χ1n) is 8.06. The van der Waals surface area contributed by atoms with Gasteiger partial charge in [-0.1, -0.05) is 16.5 Å². The summed E-state index contributed by atoms with van der Waals surface area (Å²) in [6.45, 7) is 1.64. The maximum atomic E-state index is 13.0. The van der Waals surface area contributed by atoms with Gasteiger partial charge in [0.25, 0.3) is 5.91 Å². The highest BCUT2D eigenvalue weighted by Gasteiger charge is 2.30. The van der Waals surface area contributed by atoms with Crippen molar-refractivity contribution in [3.8, 4) is 21.8 Å². The fraction of sp³-hybridized carbons (Fsp3) is 0.0588. The molecule has 0 aliphatic rings. The van der Waals surface area contributed by atoms with Crippen molar-refractivity contribution in [1.82, 2.24) is 15.4 Å². The lowest BCUT2D eigenvalue weighted by molar-refractivity contribution is 0.0966. The molecule has 4 aromatic rings. The number of carbonyl (C=O) groups excluding carboxylic acids is 1. The second-order valence-corrected chi connectivity index (χ2v) is 9.86. The Morgan fingerprint density at radius 3 is 2.66 bits per heavy atom. The summed E-state index contributed by atoms with van der Waals surface area (Å²) in [7, 11) is -3.93. The van der Waals surface area contributed by atoms with Crippen LogP contribution in [0, 0.1) is 6.92 Å². The number of benzene rings is 1. The topological polar surface area (TPSA) is 155 Å². The Labute approximate surface area is 172 Å². The standard InChI is InChI=1S/C17H13N5O4S3/c1-8-6-10(18)2-3-11(8)29(24,25)17-21-20-16(28-17)12-13(9-4-5-27-7-9)22-26-14(12)15(19)23/h2-7H,18H2,1H3,(H2,19,23). The molecule has 3 heterocycles. The third-order valence-corrected chi connectivity index (χ3v) is 7.95. The number of amides is 1. The number of primary amides is 1. The van der Waals surface area contributed by atoms with E-state index in [0.29, 0.717) is 22.5 Å². The first kappa shape index (κ1) is 19.2. The van der Waals surface area contributed by atoms with E-state index in [1.807, 2.05) is 10.8 Å². The molecule has 0 atom stereocenters. The number of rotatable bonds is 5. The van der Waals surface area contributed by atoms with Crippen LogP contribution in [0.25, 0.3) is 21.8 Å². The maximum absolute atomic E-state index is 13.0. The van der Waals surface area contributed by atoms with Gasteiger partial charge in [0.2, 0.25) is 19.9 Å². The highest BCUT2D eigenvalue weighted by atomic mass is 32.2. The van der Waals surface area contributed by atoms with Crippen molar-refractivity contribution in [2.75, 3.05) is 5.73 Å². The fourth-order valence-electron chi connectivity index (χ4n) is 2.74. The number of aromatic nitrogens is 3. The van der Waals surface area contributed by atoms with E-state index in [1.165, 1.54) is 23.5 Å². The van der Waals surface area contributed by atoms with Crippen LogP contribution in [-0.4, -0.2) is 29.7 Å². The molecule has 0 radical (unpaired) electrons. The summed E-state index contributed by atoms with van der Waals surface area (Å²) in [4.78, 5) is 11.9. The molecule has 0 fully saturated rings. The molecule has 3 aromatic heterocycles. The van der Waals surface area contributed by atoms with Gasteiger partial charge >= 0.3 is 0 Å². The van der Waals surface area contributed by atoms with Crippen LogP contribution in [0.1, 0.15) is 16.1 Å². The fourth-order valence-corrected chi connectivity index (χ4v) is 6.01. The second kappa shape index (κ2) is 7.06. The molecular weight excluding hydrogens is 434 g/mol. The van der Waals surface area contributed by atoms with Crippen LogP contribution in [0.5, 0.6) is 0 Å². The van der Waals surface area contributed by atoms with E-state index in [-0.39, 0.29) is 25.6 Å². The third kappa shape index (κ3) is 3.30. The molecule has 0 saturated heterocycles. The Hall–Kier alpha value is -3.09. The van der Waals surface area contributed by atoms with Crippen LogP contribution in [0.4, 0.5) is 5.69 Å². The molecule has 148 valence electrons. The lowest BCUT2D eigenvalue weighted by atomic mass is 10.1. The summed E-state index contributed by atoms with van der Waals surface area (Å²) in [5, 5.41) is 15.5. The van der Waals surface area contributed by atoms with Crippen molar-refractivity contribution < 1.29 is 17.7 Å². The van der Waals surface area contributed by atoms with Crippen molar-refractivity contribution in [2.24, 2.45) is 5.73 Å². The van der Waals surface area contributed by atoms with E-state index < -0.39 is 15.7 Å². The molecule has 0 bridgehead atoms. The number of nitrogens with zero attached hydrogens (tertiary/aromatic N) is 3. The Kier molecular flexibility index (Phi) is 4.68. The van der Waals surface area contributed by atoms with Gasteiger partial charge in [-0.25, -0.2) is 8.42 Å². The summed E-state index contributed by atoms with van der Waals surface area (Å²) >= 11 is 2.23. The minimum absolute atomic E-state index is 0.0768. The van der Waals surface area contributed by atoms with Gasteiger partial charge in [-0.05, 0) is 42.1 Å². The van der Waals surface area contributed by atoms with E-state index >= 15 is 0 Å². The Morgan fingerprint density at radius 1 is 1.21 bits per heavy atom. The van der Waals surface area contributed by atoms with Crippen LogP contribution in [0.15, 0.2) is 48.8 Å². The molecular formula is C17H13N5O4S3. The van der Waals surface area contributed by atoms with Crippen LogP contribution >= 0.6 is 22.7 Å². The minimum atomic E-state index is -3.93. The van der Waals surface area contributed by atoms with Gasteiger partial charge in [-0.15, -0.1) is 10.2 Å². The molecule has 0 saturated carbocycles. The average Bonchev–Trinajstić information content (AvgIpc) is 3.39. The van der Waals surface area contributed by atoms with E-state index in [2.05, 4.69) is 15.4 Å². The zero-order valence-corrected chi connectivity index (χ0v) is 17.3. The molecule has 1 amide bonds. The summed E-state index contributed by atoms with van der Waals surface area (Å²) in [6.07, 6.45) is 0. The van der Waals surface area contributed by atoms with Crippen molar-refractivity contribution in [1.29, 1.82) is 0 Å². The van der Waals surface area contributed by atoms with Gasteiger partial charge in [-0.3, -0.25) is 4.79 Å². The zero-order valence-electron chi connectivity index (χ0n) is 14.8. The van der Waals surface area contributed by atoms with Crippen LogP contribution in [0.2, 0.25) is 0 Å². The van der Waals surface area contributed by atoms with Gasteiger partial charge in [-0.2, -0.15) is 11.3 Å². The van der Waals surface area contributed by atoms with Gasteiger partial charge in [0.05, 0.1) is 10.5 Å². The predicted octanol–water partition coefficient (Wildman–Crippen LogP) is 2.74. The van der Waals surface area contributed by atoms with E-state index in [4.69, 9.17) is 16.0 Å². The van der Waals surface area contributed by atoms with Gasteiger partial charge in [0.1, 0.15) is 5.69 Å². The van der Waals surface area contributed by atoms with Gasteiger partial charge < -0.3 is 16.0 Å². The summed E-state index contributed by atoms with van der Waals surface area (Å²) in [5.41, 5.74) is 13.3. The molecule has 4 rings (SSSR count). The Morgan fingerprint density at radius 2 is 2.00 bits per heavy atom. The Bertz CT molecular complexity index is 1320. The molecule has 1 aromatic carbocycles. The lowest BCUT2D eigenvalue weighted by Crippen LogP contribution is -2.10. The van der Waals surface area contributed by atoms with E-state index in [1.54, 1.807) is 19.1 Å². The lowest BCUT2D eigenvalue weighted by Gasteiger charge is -2.05. The molecule has 29 heavy (non-hydrogen) atoms. The van der Waals surface area contributed by atoms with Crippen molar-refractivity contribution in [3.05, 3.63) is 46.3 Å². The highest BCUT2D eigenvalue weighted by molar-refractivity contribution is 7.93. The highest BCUT2D eigenvalue weighted by Crippen LogP contribution is 2.38.